The highest BCUT2D eigenvalue weighted by Gasteiger charge is 2.28. The lowest BCUT2D eigenvalue weighted by atomic mass is 9.96. The first kappa shape index (κ1) is 25.1. The Hall–Kier alpha value is -3.98. The molecule has 0 amide bonds. The van der Waals surface area contributed by atoms with Crippen molar-refractivity contribution in [3.8, 4) is 39.9 Å². The van der Waals surface area contributed by atoms with Crippen LogP contribution in [0, 0.1) is 6.92 Å². The molecule has 0 aliphatic carbocycles. The normalized spacial score (nSPS) is 12.9. The Morgan fingerprint density at radius 2 is 1.58 bits per heavy atom. The molecule has 8 nitrogen and oxygen atoms in total. The monoisotopic (exact) mass is 510 g/mol. The molecule has 0 fully saturated rings. The number of fused-ring (bicyclic) bond motifs is 1. The molecular formula is C27H26O8S. The topological polar surface area (TPSA) is 89.5 Å². The third-order valence-electron chi connectivity index (χ3n) is 5.64. The molecule has 0 spiro atoms. The molecule has 1 atom stereocenters. The average Bonchev–Trinajstić information content (AvgIpc) is 3.37. The Morgan fingerprint density at radius 3 is 2.19 bits per heavy atom. The van der Waals surface area contributed by atoms with E-state index in [4.69, 9.17) is 28.4 Å². The van der Waals surface area contributed by atoms with Gasteiger partial charge in [0.2, 0.25) is 12.5 Å². The van der Waals surface area contributed by atoms with Gasteiger partial charge in [0.25, 0.3) is 0 Å². The summed E-state index contributed by atoms with van der Waals surface area (Å²) in [5, 5.41) is 0. The Balaban J connectivity index is 2.04. The molecule has 1 aliphatic heterocycles. The minimum absolute atomic E-state index is 0.0492. The van der Waals surface area contributed by atoms with E-state index >= 15 is 0 Å². The second-order valence-electron chi connectivity index (χ2n) is 7.75. The second kappa shape index (κ2) is 10.7. The fourth-order valence-electron chi connectivity index (χ4n) is 3.87. The Morgan fingerprint density at radius 1 is 0.917 bits per heavy atom. The number of rotatable bonds is 8. The SMILES string of the molecule is COC(=O)/C=C/c1cc(OC)c(OC)c(OC)c1-c1cc2c(cc1S(=O)c1ccc(C)cc1)OCO2. The van der Waals surface area contributed by atoms with Crippen molar-refractivity contribution >= 4 is 22.8 Å². The molecule has 0 bridgehead atoms. The quantitative estimate of drug-likeness (QED) is 0.316. The first-order chi connectivity index (χ1) is 17.4. The van der Waals surface area contributed by atoms with Crippen molar-refractivity contribution in [2.45, 2.75) is 16.7 Å². The van der Waals surface area contributed by atoms with E-state index in [1.807, 2.05) is 31.2 Å². The number of ether oxygens (including phenoxy) is 6. The summed E-state index contributed by atoms with van der Waals surface area (Å²) in [4.78, 5) is 13.0. The maximum absolute atomic E-state index is 13.9. The summed E-state index contributed by atoms with van der Waals surface area (Å²) >= 11 is 0. The van der Waals surface area contributed by atoms with Crippen molar-refractivity contribution < 1.29 is 37.4 Å². The highest BCUT2D eigenvalue weighted by atomic mass is 32.2. The highest BCUT2D eigenvalue weighted by Crippen LogP contribution is 2.51. The van der Waals surface area contributed by atoms with E-state index in [1.54, 1.807) is 24.3 Å². The number of benzene rings is 3. The molecule has 1 heterocycles. The van der Waals surface area contributed by atoms with Gasteiger partial charge in [-0.25, -0.2) is 9.00 Å². The number of esters is 1. The molecule has 0 N–H and O–H groups in total. The number of hydrogen-bond acceptors (Lipinski definition) is 8. The van der Waals surface area contributed by atoms with Gasteiger partial charge >= 0.3 is 5.97 Å². The molecule has 1 aliphatic rings. The lowest BCUT2D eigenvalue weighted by Gasteiger charge is -2.20. The van der Waals surface area contributed by atoms with Gasteiger partial charge in [-0.2, -0.15) is 0 Å². The van der Waals surface area contributed by atoms with Gasteiger partial charge < -0.3 is 28.4 Å². The highest BCUT2D eigenvalue weighted by molar-refractivity contribution is 7.85. The molecular weight excluding hydrogens is 484 g/mol. The Labute approximate surface area is 211 Å². The van der Waals surface area contributed by atoms with Crippen LogP contribution in [-0.2, 0) is 20.3 Å². The summed E-state index contributed by atoms with van der Waals surface area (Å²) in [6.07, 6.45) is 2.86. The molecule has 0 saturated carbocycles. The lowest BCUT2D eigenvalue weighted by Crippen LogP contribution is -2.03. The number of hydrogen-bond donors (Lipinski definition) is 0. The van der Waals surface area contributed by atoms with E-state index < -0.39 is 16.8 Å². The number of methoxy groups -OCH3 is 4. The first-order valence-corrected chi connectivity index (χ1v) is 12.1. The summed E-state index contributed by atoms with van der Waals surface area (Å²) in [6, 6.07) is 12.6. The Bertz CT molecular complexity index is 1350. The minimum Gasteiger partial charge on any atom is -0.493 e. The zero-order chi connectivity index (χ0) is 25.8. The van der Waals surface area contributed by atoms with Gasteiger partial charge in [-0.3, -0.25) is 0 Å². The number of aryl methyl sites for hydroxylation is 1. The molecule has 4 rings (SSSR count). The van der Waals surface area contributed by atoms with Crippen LogP contribution in [0.25, 0.3) is 17.2 Å². The van der Waals surface area contributed by atoms with Crippen LogP contribution in [0.4, 0.5) is 0 Å². The first-order valence-electron chi connectivity index (χ1n) is 10.9. The molecule has 3 aromatic rings. The Kier molecular flexibility index (Phi) is 7.49. The molecule has 3 aromatic carbocycles. The summed E-state index contributed by atoms with van der Waals surface area (Å²) in [5.74, 6) is 1.51. The molecule has 188 valence electrons. The van der Waals surface area contributed by atoms with E-state index in [0.717, 1.165) is 5.56 Å². The van der Waals surface area contributed by atoms with Gasteiger partial charge in [-0.1, -0.05) is 17.7 Å². The van der Waals surface area contributed by atoms with Crippen molar-refractivity contribution in [1.82, 2.24) is 0 Å². The van der Waals surface area contributed by atoms with E-state index in [9.17, 15) is 9.00 Å². The largest absolute Gasteiger partial charge is 0.493 e. The smallest absolute Gasteiger partial charge is 0.330 e. The second-order valence-corrected chi connectivity index (χ2v) is 9.20. The molecule has 0 radical (unpaired) electrons. The van der Waals surface area contributed by atoms with Crippen molar-refractivity contribution in [1.29, 1.82) is 0 Å². The predicted octanol–water partition coefficient (Wildman–Crippen LogP) is 4.77. The fourth-order valence-corrected chi connectivity index (χ4v) is 5.08. The number of carbonyl (C=O) groups is 1. The van der Waals surface area contributed by atoms with E-state index in [0.29, 0.717) is 55.2 Å². The molecule has 36 heavy (non-hydrogen) atoms. The van der Waals surface area contributed by atoms with Gasteiger partial charge in [-0.15, -0.1) is 0 Å². The summed E-state index contributed by atoms with van der Waals surface area (Å²) in [5.41, 5.74) is 2.69. The standard InChI is InChI=1S/C27H26O8S/c1-16-6-9-18(10-7-16)36(29)23-14-21-20(34-15-35-21)13-19(23)25-17(8-11-24(28)31-3)12-22(30-2)26(32-4)27(25)33-5/h6-14H,15H2,1-5H3/b11-8+. The van der Waals surface area contributed by atoms with Crippen LogP contribution in [-0.4, -0.2) is 45.4 Å². The third kappa shape index (κ3) is 4.74. The molecule has 0 aromatic heterocycles. The zero-order valence-corrected chi connectivity index (χ0v) is 21.4. The maximum atomic E-state index is 13.9. The van der Waals surface area contributed by atoms with Crippen LogP contribution in [0.5, 0.6) is 28.7 Å². The molecule has 1 unspecified atom stereocenters. The van der Waals surface area contributed by atoms with Crippen LogP contribution < -0.4 is 23.7 Å². The lowest BCUT2D eigenvalue weighted by molar-refractivity contribution is -0.134. The van der Waals surface area contributed by atoms with E-state index in [-0.39, 0.29) is 6.79 Å². The maximum Gasteiger partial charge on any atom is 0.330 e. The van der Waals surface area contributed by atoms with Gasteiger partial charge in [0.05, 0.1) is 44.1 Å². The zero-order valence-electron chi connectivity index (χ0n) is 20.6. The van der Waals surface area contributed by atoms with Crippen LogP contribution >= 0.6 is 0 Å². The summed E-state index contributed by atoms with van der Waals surface area (Å²) in [7, 11) is 4.21. The fraction of sp³-hybridized carbons (Fsp3) is 0.222. The van der Waals surface area contributed by atoms with Gasteiger partial charge in [0, 0.05) is 28.2 Å². The number of carbonyl (C=O) groups excluding carboxylic acids is 1. The minimum atomic E-state index is -1.59. The van der Waals surface area contributed by atoms with E-state index in [1.165, 1.54) is 34.5 Å². The average molecular weight is 511 g/mol. The summed E-state index contributed by atoms with van der Waals surface area (Å²) < 4.78 is 46.8. The van der Waals surface area contributed by atoms with E-state index in [2.05, 4.69) is 0 Å². The van der Waals surface area contributed by atoms with Gasteiger partial charge in [0.15, 0.2) is 23.0 Å². The van der Waals surface area contributed by atoms with Crippen molar-refractivity contribution in [3.63, 3.8) is 0 Å². The van der Waals surface area contributed by atoms with Crippen LogP contribution in [0.3, 0.4) is 0 Å². The summed E-state index contributed by atoms with van der Waals surface area (Å²) in [6.45, 7) is 2.01. The van der Waals surface area contributed by atoms with Crippen LogP contribution in [0.1, 0.15) is 11.1 Å². The van der Waals surface area contributed by atoms with Crippen LogP contribution in [0.15, 0.2) is 58.3 Å². The van der Waals surface area contributed by atoms with Gasteiger partial charge in [0.1, 0.15) is 0 Å². The van der Waals surface area contributed by atoms with Crippen molar-refractivity contribution in [2.24, 2.45) is 0 Å². The predicted molar refractivity (Wildman–Crippen MR) is 135 cm³/mol. The van der Waals surface area contributed by atoms with Crippen molar-refractivity contribution in [2.75, 3.05) is 35.2 Å². The van der Waals surface area contributed by atoms with Gasteiger partial charge in [-0.05, 0) is 42.8 Å². The van der Waals surface area contributed by atoms with Crippen molar-refractivity contribution in [3.05, 3.63) is 59.7 Å². The van der Waals surface area contributed by atoms with Crippen LogP contribution in [0.2, 0.25) is 0 Å². The molecule has 0 saturated heterocycles. The third-order valence-corrected chi connectivity index (χ3v) is 7.08. The molecule has 9 heteroatoms.